The number of carbonyl (C=O) groups is 2. The van der Waals surface area contributed by atoms with Gasteiger partial charge >= 0.3 is 5.97 Å². The Bertz CT molecular complexity index is 1300. The summed E-state index contributed by atoms with van der Waals surface area (Å²) in [5, 5.41) is 13.0. The Morgan fingerprint density at radius 1 is 1.13 bits per heavy atom. The molecule has 11 heteroatoms. The molecule has 2 N–H and O–H groups in total. The molecule has 0 bridgehead atoms. The normalized spacial score (nSPS) is 11.3. The van der Waals surface area contributed by atoms with Gasteiger partial charge in [-0.05, 0) is 49.1 Å². The lowest BCUT2D eigenvalue weighted by Crippen LogP contribution is -2.12. The predicted octanol–water partition coefficient (Wildman–Crippen LogP) is 6.81. The number of aromatic nitrogens is 1. The van der Waals surface area contributed by atoms with E-state index in [-0.39, 0.29) is 26.9 Å². The fraction of sp³-hybridized carbons (Fsp3) is 0.296. The van der Waals surface area contributed by atoms with Crippen molar-refractivity contribution >= 4 is 57.6 Å². The number of anilines is 1. The van der Waals surface area contributed by atoms with Gasteiger partial charge in [0.2, 0.25) is 10.8 Å². The Morgan fingerprint density at radius 3 is 2.50 bits per heavy atom. The van der Waals surface area contributed by atoms with Gasteiger partial charge in [-0.3, -0.25) is 10.1 Å². The van der Waals surface area contributed by atoms with Gasteiger partial charge in [0.1, 0.15) is 5.69 Å². The number of carbonyl (C=O) groups excluding carboxylic acids is 1. The van der Waals surface area contributed by atoms with Crippen LogP contribution in [0, 0.1) is 0 Å². The van der Waals surface area contributed by atoms with E-state index in [0.717, 1.165) is 37.0 Å². The summed E-state index contributed by atoms with van der Waals surface area (Å²) >= 11 is 13.8. The standard InChI is InChI=1S/C27H28Cl2N2O6S/c1-4-10-37-11-6-8-16-7-5-9-17(12-16)23-26(36-3)38-27(30-23)31-24(32)18-13-20(28)19(21(29)14-18)15-22(35-2)25(33)34/h5,7,9,12-15H,4,6,8,10-11H2,1-3H3,(H,33,34)(H,30,31,32)/b22-15-. The minimum atomic E-state index is -1.28. The van der Waals surface area contributed by atoms with E-state index < -0.39 is 11.9 Å². The molecule has 0 saturated carbocycles. The van der Waals surface area contributed by atoms with Crippen molar-refractivity contribution in [2.75, 3.05) is 32.8 Å². The van der Waals surface area contributed by atoms with Gasteiger partial charge in [-0.25, -0.2) is 9.78 Å². The molecule has 0 unspecified atom stereocenters. The molecule has 2 aromatic carbocycles. The highest BCUT2D eigenvalue weighted by atomic mass is 35.5. The van der Waals surface area contributed by atoms with Gasteiger partial charge in [0.25, 0.3) is 5.91 Å². The number of amides is 1. The topological polar surface area (TPSA) is 107 Å². The number of nitrogens with one attached hydrogen (secondary N) is 1. The van der Waals surface area contributed by atoms with Crippen LogP contribution in [0.5, 0.6) is 5.06 Å². The average molecular weight is 580 g/mol. The van der Waals surface area contributed by atoms with Crippen molar-refractivity contribution in [3.63, 3.8) is 0 Å². The van der Waals surface area contributed by atoms with Crippen LogP contribution in [0.3, 0.4) is 0 Å². The van der Waals surface area contributed by atoms with Crippen LogP contribution in [-0.2, 0) is 20.7 Å². The molecule has 0 saturated heterocycles. The van der Waals surface area contributed by atoms with Crippen molar-refractivity contribution in [2.45, 2.75) is 26.2 Å². The molecule has 3 rings (SSSR count). The van der Waals surface area contributed by atoms with Gasteiger partial charge in [-0.1, -0.05) is 59.7 Å². The molecule has 202 valence electrons. The van der Waals surface area contributed by atoms with Crippen LogP contribution >= 0.6 is 34.5 Å². The molecule has 0 aliphatic carbocycles. The minimum absolute atomic E-state index is 0.0905. The van der Waals surface area contributed by atoms with Crippen molar-refractivity contribution in [1.29, 1.82) is 0 Å². The number of aryl methyl sites for hydroxylation is 1. The third-order valence-corrected chi connectivity index (χ3v) is 6.91. The first-order chi connectivity index (χ1) is 18.3. The van der Waals surface area contributed by atoms with Crippen molar-refractivity contribution in [2.24, 2.45) is 0 Å². The van der Waals surface area contributed by atoms with Crippen molar-refractivity contribution < 1.29 is 28.9 Å². The highest BCUT2D eigenvalue weighted by molar-refractivity contribution is 7.18. The summed E-state index contributed by atoms with van der Waals surface area (Å²) in [6.07, 6.45) is 3.99. The number of hydrogen-bond acceptors (Lipinski definition) is 7. The number of aliphatic carboxylic acids is 1. The molecular formula is C27H28Cl2N2O6S. The molecule has 3 aromatic rings. The number of carboxylic acid groups (broad SMARTS) is 1. The highest BCUT2D eigenvalue weighted by Crippen LogP contribution is 2.38. The maximum atomic E-state index is 13.0. The van der Waals surface area contributed by atoms with Crippen LogP contribution in [0.1, 0.15) is 41.3 Å². The fourth-order valence-corrected chi connectivity index (χ4v) is 4.94. The van der Waals surface area contributed by atoms with E-state index in [1.165, 1.54) is 36.7 Å². The van der Waals surface area contributed by atoms with E-state index in [1.807, 2.05) is 12.1 Å². The van der Waals surface area contributed by atoms with E-state index in [0.29, 0.717) is 22.5 Å². The van der Waals surface area contributed by atoms with Crippen LogP contribution in [0.25, 0.3) is 17.3 Å². The molecular weight excluding hydrogens is 551 g/mol. The Labute approximate surface area is 235 Å². The second-order valence-electron chi connectivity index (χ2n) is 8.10. The number of ether oxygens (including phenoxy) is 3. The van der Waals surface area contributed by atoms with Crippen LogP contribution < -0.4 is 10.1 Å². The Morgan fingerprint density at radius 2 is 1.87 bits per heavy atom. The smallest absolute Gasteiger partial charge is 0.371 e. The predicted molar refractivity (Wildman–Crippen MR) is 151 cm³/mol. The van der Waals surface area contributed by atoms with E-state index >= 15 is 0 Å². The molecule has 0 radical (unpaired) electrons. The fourth-order valence-electron chi connectivity index (χ4n) is 3.54. The van der Waals surface area contributed by atoms with Crippen molar-refractivity contribution in [1.82, 2.24) is 4.98 Å². The molecule has 1 heterocycles. The number of nitrogens with zero attached hydrogens (tertiary/aromatic N) is 1. The van der Waals surface area contributed by atoms with Gasteiger partial charge in [-0.15, -0.1) is 0 Å². The zero-order chi connectivity index (χ0) is 27.7. The molecule has 0 aliphatic rings. The van der Waals surface area contributed by atoms with Crippen LogP contribution in [0.2, 0.25) is 10.0 Å². The number of methoxy groups -OCH3 is 2. The lowest BCUT2D eigenvalue weighted by Gasteiger charge is -2.08. The second-order valence-corrected chi connectivity index (χ2v) is 9.88. The molecule has 1 amide bonds. The highest BCUT2D eigenvalue weighted by Gasteiger charge is 2.19. The summed E-state index contributed by atoms with van der Waals surface area (Å²) in [7, 11) is 2.77. The largest absolute Gasteiger partial charge is 0.490 e. The third-order valence-electron chi connectivity index (χ3n) is 5.35. The zero-order valence-corrected chi connectivity index (χ0v) is 23.5. The first kappa shape index (κ1) is 29.4. The number of benzene rings is 2. The quantitative estimate of drug-likeness (QED) is 0.130. The Balaban J connectivity index is 1.78. The summed E-state index contributed by atoms with van der Waals surface area (Å²) in [5.41, 5.74) is 3.05. The molecule has 8 nitrogen and oxygen atoms in total. The monoisotopic (exact) mass is 578 g/mol. The number of hydrogen-bond donors (Lipinski definition) is 2. The average Bonchev–Trinajstić information content (AvgIpc) is 3.31. The van der Waals surface area contributed by atoms with Gasteiger partial charge < -0.3 is 19.3 Å². The molecule has 1 aromatic heterocycles. The molecule has 0 fully saturated rings. The SMILES string of the molecule is CCCOCCCc1cccc(-c2nc(NC(=O)c3cc(Cl)c(/C=C(\OC)C(=O)O)c(Cl)c3)sc2OC)c1. The number of halogens is 2. The second kappa shape index (κ2) is 14.2. The van der Waals surface area contributed by atoms with Crippen molar-refractivity contribution in [3.05, 3.63) is 68.9 Å². The minimum Gasteiger partial charge on any atom is -0.490 e. The van der Waals surface area contributed by atoms with E-state index in [4.69, 9.17) is 42.5 Å². The van der Waals surface area contributed by atoms with E-state index in [9.17, 15) is 9.59 Å². The van der Waals surface area contributed by atoms with Gasteiger partial charge in [0.05, 0.1) is 24.3 Å². The lowest BCUT2D eigenvalue weighted by atomic mass is 10.1. The first-order valence-corrected chi connectivity index (χ1v) is 13.4. The zero-order valence-electron chi connectivity index (χ0n) is 21.2. The van der Waals surface area contributed by atoms with E-state index in [2.05, 4.69) is 29.4 Å². The number of thiazole rings is 1. The first-order valence-electron chi connectivity index (χ1n) is 11.8. The summed E-state index contributed by atoms with van der Waals surface area (Å²) in [5.74, 6) is -2.11. The third kappa shape index (κ3) is 7.70. The summed E-state index contributed by atoms with van der Waals surface area (Å²) in [4.78, 5) is 28.8. The number of rotatable bonds is 13. The lowest BCUT2D eigenvalue weighted by molar-refractivity contribution is -0.135. The summed E-state index contributed by atoms with van der Waals surface area (Å²) in [6, 6.07) is 10.8. The van der Waals surface area contributed by atoms with Gasteiger partial charge in [0.15, 0.2) is 5.13 Å². The van der Waals surface area contributed by atoms with Crippen LogP contribution in [0.4, 0.5) is 5.13 Å². The van der Waals surface area contributed by atoms with Crippen LogP contribution in [-0.4, -0.2) is 49.4 Å². The Kier molecular flexibility index (Phi) is 11.0. The van der Waals surface area contributed by atoms with Crippen LogP contribution in [0.15, 0.2) is 42.2 Å². The summed E-state index contributed by atoms with van der Waals surface area (Å²) in [6.45, 7) is 3.57. The van der Waals surface area contributed by atoms with Crippen molar-refractivity contribution in [3.8, 4) is 16.3 Å². The maximum absolute atomic E-state index is 13.0. The van der Waals surface area contributed by atoms with Gasteiger partial charge in [-0.2, -0.15) is 0 Å². The summed E-state index contributed by atoms with van der Waals surface area (Å²) < 4.78 is 15.9. The Hall–Kier alpha value is -3.11. The number of carboxylic acids is 1. The van der Waals surface area contributed by atoms with Gasteiger partial charge in [0, 0.05) is 29.9 Å². The van der Waals surface area contributed by atoms with E-state index in [1.54, 1.807) is 7.11 Å². The molecule has 38 heavy (non-hydrogen) atoms. The molecule has 0 aliphatic heterocycles. The maximum Gasteiger partial charge on any atom is 0.371 e. The molecule has 0 spiro atoms. The molecule has 0 atom stereocenters.